The number of rotatable bonds is 11. The number of carbonyl (C=O) groups excluding carboxylic acids is 4. The van der Waals surface area contributed by atoms with Gasteiger partial charge in [-0.1, -0.05) is 30.7 Å². The maximum Gasteiger partial charge on any atom is 0.408 e. The number of allylic oxidation sites excluding steroid dienone is 4. The average Bonchev–Trinajstić information content (AvgIpc) is 3.38. The molecule has 5 rings (SSSR count). The normalized spacial score (nSPS) is 32.7. The molecule has 3 saturated carbocycles. The number of nitrogens with zero attached hydrogens (tertiary/aromatic N) is 1. The second kappa shape index (κ2) is 13.5. The zero-order valence-corrected chi connectivity index (χ0v) is 26.5. The quantitative estimate of drug-likeness (QED) is 0.169. The van der Waals surface area contributed by atoms with Crippen LogP contribution in [0.4, 0.5) is 9.18 Å². The molecule has 1 aromatic rings. The molecule has 5 N–H and O–H groups in total. The number of benzene rings is 1. The maximum absolute atomic E-state index is 17.2. The summed E-state index contributed by atoms with van der Waals surface area (Å²) in [4.78, 5) is 66.7. The first-order chi connectivity index (χ1) is 22.6. The summed E-state index contributed by atoms with van der Waals surface area (Å²) in [6.45, 7) is 1.82. The predicted octanol–water partition coefficient (Wildman–Crippen LogP) is 3.09. The number of ether oxygens (including phenoxy) is 2. The molecule has 0 bridgehead atoms. The molecule has 1 amide bonds. The smallest absolute Gasteiger partial charge is 0.408 e. The molecule has 1 aromatic carbocycles. The minimum Gasteiger partial charge on any atom is -0.480 e. The lowest BCUT2D eigenvalue weighted by Gasteiger charge is -2.62. The molecular weight excluding hydrogens is 635 g/mol. The fourth-order valence-electron chi connectivity index (χ4n) is 8.50. The highest BCUT2D eigenvalue weighted by Crippen LogP contribution is 2.68. The number of hydrogen-bond acceptors (Lipinski definition) is 12. The van der Waals surface area contributed by atoms with Crippen LogP contribution in [0, 0.1) is 28.6 Å². The van der Waals surface area contributed by atoms with Crippen molar-refractivity contribution in [3.63, 3.8) is 0 Å². The molecule has 0 heterocycles. The second-order valence-electron chi connectivity index (χ2n) is 13.4. The minimum atomic E-state index is -2.03. The SMILES string of the molecule is C[C@]12C[C@H](O)C3(F)[C@@H](CCC4=CC(=O)C=C[C@@]43C)C1CCC2C(=O)COC(=O)NC(COC(=O)c1cccc(CON(O)O)c1)C(=O)O. The number of carboxylic acid groups (broad SMARTS) is 1. The fraction of sp³-hybridized carbons (Fsp3) is 0.545. The molecular formula is C33H39FN2O12. The maximum atomic E-state index is 17.2. The molecule has 0 radical (unpaired) electrons. The highest BCUT2D eigenvalue weighted by Gasteiger charge is 2.70. The number of amides is 1. The Hall–Kier alpha value is -4.02. The lowest BCUT2D eigenvalue weighted by Crippen LogP contribution is -2.66. The molecule has 4 aliphatic carbocycles. The van der Waals surface area contributed by atoms with E-state index in [4.69, 9.17) is 19.9 Å². The second-order valence-corrected chi connectivity index (χ2v) is 13.4. The first kappa shape index (κ1) is 35.3. The molecule has 0 aromatic heterocycles. The van der Waals surface area contributed by atoms with Crippen LogP contribution in [0.15, 0.2) is 48.1 Å². The van der Waals surface area contributed by atoms with Gasteiger partial charge in [-0.05, 0) is 80.2 Å². The van der Waals surface area contributed by atoms with E-state index >= 15 is 4.39 Å². The summed E-state index contributed by atoms with van der Waals surface area (Å²) in [6.07, 6.45) is 3.59. The van der Waals surface area contributed by atoms with Crippen LogP contribution >= 0.6 is 0 Å². The Bertz CT molecular complexity index is 1550. The first-order valence-electron chi connectivity index (χ1n) is 15.7. The van der Waals surface area contributed by atoms with Gasteiger partial charge in [0, 0.05) is 17.3 Å². The number of alkyl carbamates (subject to hydrolysis) is 1. The number of carboxylic acids is 1. The molecule has 0 spiro atoms. The molecule has 48 heavy (non-hydrogen) atoms. The standard InChI is InChI=1S/C33H39FN2O12/c1-31-14-27(39)33(34)23(7-6-20-13-21(37)10-11-32(20,33)2)22(31)8-9-24(31)26(38)17-47-30(43)35-25(28(40)41)16-46-29(42)19-5-3-4-18(12-19)15-48-36(44)45/h3-5,10-13,22-25,27,39,44-45H,6-9,14-17H2,1-2H3,(H,35,43)(H,40,41)/t22?,23-,24?,25?,27-,31-,32-,33?/m0/s1. The van der Waals surface area contributed by atoms with Crippen LogP contribution in [0.5, 0.6) is 0 Å². The van der Waals surface area contributed by atoms with Crippen LogP contribution < -0.4 is 5.32 Å². The first-order valence-corrected chi connectivity index (χ1v) is 15.7. The van der Waals surface area contributed by atoms with Gasteiger partial charge in [0.05, 0.1) is 23.7 Å². The van der Waals surface area contributed by atoms with Crippen molar-refractivity contribution in [1.82, 2.24) is 10.7 Å². The summed E-state index contributed by atoms with van der Waals surface area (Å²) in [5.41, 5.74) is -2.92. The highest BCUT2D eigenvalue weighted by atomic mass is 19.1. The number of nitrogens with one attached hydrogen (secondary N) is 1. The van der Waals surface area contributed by atoms with Crippen molar-refractivity contribution in [2.75, 3.05) is 13.2 Å². The number of fused-ring (bicyclic) bond motifs is 5. The predicted molar refractivity (Wildman–Crippen MR) is 160 cm³/mol. The number of esters is 1. The van der Waals surface area contributed by atoms with Crippen LogP contribution in [-0.4, -0.2) is 86.6 Å². The molecule has 0 saturated heterocycles. The summed E-state index contributed by atoms with van der Waals surface area (Å²) in [7, 11) is 0. The topological polar surface area (TPSA) is 209 Å². The van der Waals surface area contributed by atoms with E-state index in [1.165, 1.54) is 36.4 Å². The van der Waals surface area contributed by atoms with Gasteiger partial charge in [-0.2, -0.15) is 0 Å². The Balaban J connectivity index is 1.17. The van der Waals surface area contributed by atoms with Crippen LogP contribution in [0.3, 0.4) is 0 Å². The van der Waals surface area contributed by atoms with E-state index < -0.39 is 82.9 Å². The number of ketones is 2. The molecule has 8 atom stereocenters. The summed E-state index contributed by atoms with van der Waals surface area (Å²) in [6, 6.07) is 3.97. The highest BCUT2D eigenvalue weighted by molar-refractivity contribution is 6.01. The lowest BCUT2D eigenvalue weighted by molar-refractivity contribution is -0.497. The minimum absolute atomic E-state index is 0.00147. The number of carbonyl (C=O) groups is 5. The third kappa shape index (κ3) is 6.40. The van der Waals surface area contributed by atoms with Gasteiger partial charge in [0.1, 0.15) is 6.61 Å². The van der Waals surface area contributed by atoms with E-state index in [1.54, 1.807) is 13.0 Å². The number of halogens is 1. The monoisotopic (exact) mass is 674 g/mol. The molecule has 3 fully saturated rings. The number of alkyl halides is 1. The van der Waals surface area contributed by atoms with Gasteiger partial charge in [0.25, 0.3) is 0 Å². The van der Waals surface area contributed by atoms with Crippen molar-refractivity contribution in [3.05, 3.63) is 59.2 Å². The van der Waals surface area contributed by atoms with E-state index in [0.717, 1.165) is 0 Å². The van der Waals surface area contributed by atoms with E-state index in [-0.39, 0.29) is 30.3 Å². The fourth-order valence-corrected chi connectivity index (χ4v) is 8.50. The van der Waals surface area contributed by atoms with Crippen LogP contribution in [0.2, 0.25) is 0 Å². The summed E-state index contributed by atoms with van der Waals surface area (Å²) in [5, 5.41) is 39.8. The van der Waals surface area contributed by atoms with Gasteiger partial charge in [-0.3, -0.25) is 20.0 Å². The van der Waals surface area contributed by atoms with Gasteiger partial charge in [-0.25, -0.2) is 23.6 Å². The molecule has 15 heteroatoms. The Labute approximate surface area is 275 Å². The van der Waals surface area contributed by atoms with Crippen molar-refractivity contribution < 1.29 is 63.3 Å². The molecule has 0 aliphatic heterocycles. The molecule has 14 nitrogen and oxygen atoms in total. The summed E-state index contributed by atoms with van der Waals surface area (Å²) < 4.78 is 27.3. The van der Waals surface area contributed by atoms with Gasteiger partial charge in [0.2, 0.25) is 0 Å². The van der Waals surface area contributed by atoms with E-state index in [0.29, 0.717) is 36.8 Å². The number of Topliss-reactive ketones (excluding diaryl/α,β-unsaturated/α-hetero) is 1. The molecule has 260 valence electrons. The number of aliphatic hydroxyl groups excluding tert-OH is 1. The molecule has 4 unspecified atom stereocenters. The van der Waals surface area contributed by atoms with E-state index in [9.17, 15) is 34.2 Å². The van der Waals surface area contributed by atoms with Crippen LogP contribution in [0.1, 0.15) is 61.9 Å². The van der Waals surface area contributed by atoms with Crippen molar-refractivity contribution >= 4 is 29.6 Å². The summed E-state index contributed by atoms with van der Waals surface area (Å²) in [5.74, 6) is -4.55. The van der Waals surface area contributed by atoms with E-state index in [2.05, 4.69) is 10.2 Å². The Morgan fingerprint density at radius 3 is 2.56 bits per heavy atom. The Morgan fingerprint density at radius 2 is 1.85 bits per heavy atom. The molecule has 4 aliphatic rings. The van der Waals surface area contributed by atoms with Crippen LogP contribution in [0.25, 0.3) is 0 Å². The average molecular weight is 675 g/mol. The van der Waals surface area contributed by atoms with Crippen molar-refractivity contribution in [2.24, 2.45) is 28.6 Å². The van der Waals surface area contributed by atoms with Gasteiger partial charge < -0.3 is 25.0 Å². The summed E-state index contributed by atoms with van der Waals surface area (Å²) >= 11 is 0. The van der Waals surface area contributed by atoms with Gasteiger partial charge >= 0.3 is 18.0 Å². The van der Waals surface area contributed by atoms with Gasteiger partial charge in [-0.15, -0.1) is 0 Å². The number of aliphatic carboxylic acids is 1. The number of hydrogen-bond donors (Lipinski definition) is 5. The van der Waals surface area contributed by atoms with Crippen molar-refractivity contribution in [2.45, 2.75) is 70.4 Å². The third-order valence-electron chi connectivity index (χ3n) is 10.9. The third-order valence-corrected chi connectivity index (χ3v) is 10.9. The van der Waals surface area contributed by atoms with Crippen LogP contribution in [-0.2, 0) is 35.3 Å². The van der Waals surface area contributed by atoms with E-state index in [1.807, 2.05) is 6.92 Å². The zero-order chi connectivity index (χ0) is 35.0. The largest absolute Gasteiger partial charge is 0.480 e. The van der Waals surface area contributed by atoms with Gasteiger partial charge in [0.15, 0.2) is 29.9 Å². The van der Waals surface area contributed by atoms with Crippen molar-refractivity contribution in [3.8, 4) is 0 Å². The lowest BCUT2D eigenvalue weighted by atomic mass is 9.45. The Morgan fingerprint density at radius 1 is 1.10 bits per heavy atom. The zero-order valence-electron chi connectivity index (χ0n) is 26.5. The Kier molecular flexibility index (Phi) is 9.91. The number of aliphatic hydroxyl groups is 1. The van der Waals surface area contributed by atoms with Crippen molar-refractivity contribution in [1.29, 1.82) is 0 Å².